The number of thiazole rings is 1. The smallest absolute Gasteiger partial charge is 0.228 e. The van der Waals surface area contributed by atoms with Crippen LogP contribution in [0.2, 0.25) is 0 Å². The van der Waals surface area contributed by atoms with Gasteiger partial charge in [-0.3, -0.25) is 4.79 Å². The van der Waals surface area contributed by atoms with Gasteiger partial charge in [-0.25, -0.2) is 4.98 Å². The first-order chi connectivity index (χ1) is 11.2. The number of aromatic nitrogens is 1. The van der Waals surface area contributed by atoms with Crippen molar-refractivity contribution in [1.82, 2.24) is 15.2 Å². The summed E-state index contributed by atoms with van der Waals surface area (Å²) in [4.78, 5) is 19.1. The van der Waals surface area contributed by atoms with E-state index in [9.17, 15) is 4.79 Å². The molecule has 0 radical (unpaired) electrons. The highest BCUT2D eigenvalue weighted by Crippen LogP contribution is 2.25. The van der Waals surface area contributed by atoms with Gasteiger partial charge in [0, 0.05) is 24.0 Å². The van der Waals surface area contributed by atoms with Gasteiger partial charge in [-0.15, -0.1) is 36.2 Å². The van der Waals surface area contributed by atoms with Crippen molar-refractivity contribution in [1.29, 1.82) is 0 Å². The van der Waals surface area contributed by atoms with E-state index in [1.165, 1.54) is 5.56 Å². The van der Waals surface area contributed by atoms with Gasteiger partial charge in [-0.2, -0.15) is 0 Å². The van der Waals surface area contributed by atoms with Crippen LogP contribution in [-0.2, 0) is 11.2 Å². The van der Waals surface area contributed by atoms with Crippen LogP contribution in [0.1, 0.15) is 17.7 Å². The van der Waals surface area contributed by atoms with Gasteiger partial charge in [0.05, 0.1) is 12.1 Å². The lowest BCUT2D eigenvalue weighted by atomic mass is 10.1. The molecule has 1 unspecified atom stereocenters. The monoisotopic (exact) mass is 401 g/mol. The number of aryl methyl sites for hydroxylation is 1. The summed E-state index contributed by atoms with van der Waals surface area (Å²) in [6.07, 6.45) is 1.51. The highest BCUT2D eigenvalue weighted by Gasteiger charge is 2.26. The van der Waals surface area contributed by atoms with Crippen LogP contribution < -0.4 is 5.32 Å². The summed E-state index contributed by atoms with van der Waals surface area (Å²) < 4.78 is 0. The first-order valence-electron chi connectivity index (χ1n) is 8.09. The highest BCUT2D eigenvalue weighted by molar-refractivity contribution is 7.13. The van der Waals surface area contributed by atoms with Crippen LogP contribution in [0.15, 0.2) is 29.6 Å². The number of benzene rings is 1. The molecule has 0 saturated carbocycles. The van der Waals surface area contributed by atoms with Crippen molar-refractivity contribution in [3.63, 3.8) is 0 Å². The maximum atomic E-state index is 12.4. The van der Waals surface area contributed by atoms with E-state index in [0.29, 0.717) is 12.3 Å². The maximum absolute atomic E-state index is 12.4. The predicted octanol–water partition coefficient (Wildman–Crippen LogP) is 3.57. The van der Waals surface area contributed by atoms with Gasteiger partial charge < -0.3 is 10.2 Å². The molecule has 25 heavy (non-hydrogen) atoms. The van der Waals surface area contributed by atoms with E-state index in [2.05, 4.69) is 35.4 Å². The summed E-state index contributed by atoms with van der Waals surface area (Å²) in [5, 5.41) is 6.20. The maximum Gasteiger partial charge on any atom is 0.228 e. The molecule has 1 atom stereocenters. The Labute approximate surface area is 165 Å². The fourth-order valence-electron chi connectivity index (χ4n) is 3.08. The molecular weight excluding hydrogens is 377 g/mol. The lowest BCUT2D eigenvalue weighted by Crippen LogP contribution is -2.31. The van der Waals surface area contributed by atoms with Crippen LogP contribution >= 0.6 is 36.2 Å². The lowest BCUT2D eigenvalue weighted by Gasteiger charge is -2.15. The summed E-state index contributed by atoms with van der Waals surface area (Å²) in [6.45, 7) is 4.81. The molecule has 3 rings (SSSR count). The third-order valence-electron chi connectivity index (χ3n) is 4.28. The van der Waals surface area contributed by atoms with E-state index in [0.717, 1.165) is 42.3 Å². The fourth-order valence-corrected chi connectivity index (χ4v) is 3.90. The summed E-state index contributed by atoms with van der Waals surface area (Å²) >= 11 is 1.61. The number of carbonyl (C=O) groups excluding carboxylic acids is 1. The number of hydrogen-bond acceptors (Lipinski definition) is 4. The summed E-state index contributed by atoms with van der Waals surface area (Å²) in [5.74, 6) is 0.784. The zero-order valence-corrected chi connectivity index (χ0v) is 17.0. The SMILES string of the molecule is CNCC1CCN(C(=O)Cc2csc(-c3cccc(C)c3)n2)C1.Cl.Cl. The summed E-state index contributed by atoms with van der Waals surface area (Å²) in [5.41, 5.74) is 3.24. The highest BCUT2D eigenvalue weighted by atomic mass is 35.5. The number of halogens is 2. The Kier molecular flexibility index (Phi) is 8.86. The topological polar surface area (TPSA) is 45.2 Å². The van der Waals surface area contributed by atoms with Crippen molar-refractivity contribution in [2.45, 2.75) is 19.8 Å². The minimum atomic E-state index is 0. The van der Waals surface area contributed by atoms with Crippen LogP contribution in [-0.4, -0.2) is 42.5 Å². The Hall–Kier alpha value is -1.14. The molecule has 1 aliphatic heterocycles. The standard InChI is InChI=1S/C18H23N3OS.2ClH/c1-13-4-3-5-15(8-13)18-20-16(12-23-18)9-17(22)21-7-6-14(11-21)10-19-2;;/h3-5,8,12,14,19H,6-7,9-11H2,1-2H3;2*1H. The molecule has 4 nitrogen and oxygen atoms in total. The molecule has 138 valence electrons. The summed E-state index contributed by atoms with van der Waals surface area (Å²) in [6, 6.07) is 8.33. The second kappa shape index (κ2) is 10.1. The van der Waals surface area contributed by atoms with Crippen LogP contribution in [0.5, 0.6) is 0 Å². The zero-order valence-electron chi connectivity index (χ0n) is 14.5. The van der Waals surface area contributed by atoms with Gasteiger partial charge in [-0.1, -0.05) is 23.8 Å². The van der Waals surface area contributed by atoms with Crippen molar-refractivity contribution in [3.8, 4) is 10.6 Å². The molecule has 2 heterocycles. The van der Waals surface area contributed by atoms with Gasteiger partial charge in [0.15, 0.2) is 0 Å². The minimum absolute atomic E-state index is 0. The van der Waals surface area contributed by atoms with Crippen LogP contribution in [0.3, 0.4) is 0 Å². The molecule has 1 aromatic carbocycles. The van der Waals surface area contributed by atoms with E-state index >= 15 is 0 Å². The Morgan fingerprint density at radius 2 is 2.20 bits per heavy atom. The van der Waals surface area contributed by atoms with Gasteiger partial charge in [0.25, 0.3) is 0 Å². The quantitative estimate of drug-likeness (QED) is 0.832. The Balaban J connectivity index is 0.00000156. The number of carbonyl (C=O) groups is 1. The molecule has 7 heteroatoms. The molecule has 0 aliphatic carbocycles. The number of nitrogens with one attached hydrogen (secondary N) is 1. The Morgan fingerprint density at radius 3 is 2.92 bits per heavy atom. The second-order valence-electron chi connectivity index (χ2n) is 6.24. The first-order valence-corrected chi connectivity index (χ1v) is 8.97. The number of likely N-dealkylation sites (tertiary alicyclic amines) is 1. The lowest BCUT2D eigenvalue weighted by molar-refractivity contribution is -0.129. The molecule has 1 aromatic heterocycles. The predicted molar refractivity (Wildman–Crippen MR) is 109 cm³/mol. The van der Waals surface area contributed by atoms with Gasteiger partial charge in [0.1, 0.15) is 5.01 Å². The molecule has 1 fully saturated rings. The molecule has 0 bridgehead atoms. The normalized spacial score (nSPS) is 16.2. The Morgan fingerprint density at radius 1 is 1.40 bits per heavy atom. The molecule has 1 saturated heterocycles. The number of nitrogens with zero attached hydrogens (tertiary/aromatic N) is 2. The van der Waals surface area contributed by atoms with Crippen molar-refractivity contribution in [3.05, 3.63) is 40.9 Å². The average molecular weight is 402 g/mol. The molecule has 1 N–H and O–H groups in total. The summed E-state index contributed by atoms with van der Waals surface area (Å²) in [7, 11) is 1.96. The molecule has 2 aromatic rings. The van der Waals surface area contributed by atoms with Crippen LogP contribution in [0, 0.1) is 12.8 Å². The molecule has 1 aliphatic rings. The van der Waals surface area contributed by atoms with Crippen molar-refractivity contribution in [2.75, 3.05) is 26.7 Å². The van der Waals surface area contributed by atoms with E-state index < -0.39 is 0 Å². The van der Waals surface area contributed by atoms with E-state index in [1.807, 2.05) is 23.4 Å². The third kappa shape index (κ3) is 5.68. The molecular formula is C18H25Cl2N3OS. The minimum Gasteiger partial charge on any atom is -0.342 e. The van der Waals surface area contributed by atoms with Crippen molar-refractivity contribution in [2.24, 2.45) is 5.92 Å². The average Bonchev–Trinajstić information content (AvgIpc) is 3.17. The Bertz CT molecular complexity index is 692. The van der Waals surface area contributed by atoms with Crippen LogP contribution in [0.25, 0.3) is 10.6 Å². The first kappa shape index (κ1) is 21.9. The van der Waals surface area contributed by atoms with E-state index in [1.54, 1.807) is 11.3 Å². The van der Waals surface area contributed by atoms with Gasteiger partial charge in [0.2, 0.25) is 5.91 Å². The number of hydrogen-bond donors (Lipinski definition) is 1. The molecule has 0 spiro atoms. The van der Waals surface area contributed by atoms with Crippen molar-refractivity contribution >= 4 is 42.1 Å². The second-order valence-corrected chi connectivity index (χ2v) is 7.10. The van der Waals surface area contributed by atoms with Crippen LogP contribution in [0.4, 0.5) is 0 Å². The van der Waals surface area contributed by atoms with E-state index in [4.69, 9.17) is 0 Å². The number of rotatable bonds is 5. The molecule has 1 amide bonds. The van der Waals surface area contributed by atoms with Crippen molar-refractivity contribution < 1.29 is 4.79 Å². The van der Waals surface area contributed by atoms with E-state index in [-0.39, 0.29) is 30.7 Å². The third-order valence-corrected chi connectivity index (χ3v) is 5.22. The van der Waals surface area contributed by atoms with Gasteiger partial charge in [-0.05, 0) is 38.9 Å². The number of amides is 1. The largest absolute Gasteiger partial charge is 0.342 e. The fraction of sp³-hybridized carbons (Fsp3) is 0.444. The zero-order chi connectivity index (χ0) is 16.2. The van der Waals surface area contributed by atoms with Gasteiger partial charge >= 0.3 is 0 Å².